The first kappa shape index (κ1) is 14.9. The molecule has 0 aliphatic carbocycles. The number of thiophene rings is 1. The standard InChI is InChI=1S/C15H16Cl2OS/c1-15(2,3)13-5-4-12(19-13)14(18)9-6-10(16)8-11(17)7-9/h4-8,14,18H,1-3H3. The average Bonchev–Trinajstić information content (AvgIpc) is 2.75. The summed E-state index contributed by atoms with van der Waals surface area (Å²) in [4.78, 5) is 2.15. The Morgan fingerprint density at radius 3 is 2.11 bits per heavy atom. The van der Waals surface area contributed by atoms with Crippen LogP contribution in [-0.2, 0) is 5.41 Å². The van der Waals surface area contributed by atoms with Gasteiger partial charge in [0.2, 0.25) is 0 Å². The first-order chi connectivity index (χ1) is 8.77. The van der Waals surface area contributed by atoms with Gasteiger partial charge in [-0.25, -0.2) is 0 Å². The van der Waals surface area contributed by atoms with E-state index >= 15 is 0 Å². The van der Waals surface area contributed by atoms with E-state index in [9.17, 15) is 5.11 Å². The molecule has 0 fully saturated rings. The summed E-state index contributed by atoms with van der Waals surface area (Å²) in [6, 6.07) is 9.18. The smallest absolute Gasteiger partial charge is 0.113 e. The highest BCUT2D eigenvalue weighted by molar-refractivity contribution is 7.12. The van der Waals surface area contributed by atoms with E-state index in [1.54, 1.807) is 29.5 Å². The molecule has 4 heteroatoms. The van der Waals surface area contributed by atoms with Gasteiger partial charge in [0.25, 0.3) is 0 Å². The molecule has 2 rings (SSSR count). The van der Waals surface area contributed by atoms with Gasteiger partial charge in [0.05, 0.1) is 0 Å². The normalized spacial score (nSPS) is 13.6. The van der Waals surface area contributed by atoms with Crippen LogP contribution in [0.2, 0.25) is 10.0 Å². The highest BCUT2D eigenvalue weighted by atomic mass is 35.5. The summed E-state index contributed by atoms with van der Waals surface area (Å²) in [7, 11) is 0. The molecule has 0 aliphatic rings. The molecule has 102 valence electrons. The third kappa shape index (κ3) is 3.51. The minimum absolute atomic E-state index is 0.0919. The van der Waals surface area contributed by atoms with Crippen molar-refractivity contribution in [2.45, 2.75) is 32.3 Å². The summed E-state index contributed by atoms with van der Waals surface area (Å²) in [5.41, 5.74) is 0.814. The van der Waals surface area contributed by atoms with E-state index < -0.39 is 6.10 Å². The lowest BCUT2D eigenvalue weighted by atomic mass is 9.95. The number of benzene rings is 1. The van der Waals surface area contributed by atoms with E-state index in [4.69, 9.17) is 23.2 Å². The van der Waals surface area contributed by atoms with Crippen LogP contribution in [-0.4, -0.2) is 5.11 Å². The Hall–Kier alpha value is -0.540. The zero-order valence-electron chi connectivity index (χ0n) is 11.1. The molecule has 1 N–H and O–H groups in total. The Morgan fingerprint density at radius 2 is 1.63 bits per heavy atom. The third-order valence-electron chi connectivity index (χ3n) is 2.84. The number of aliphatic hydroxyl groups is 1. The Morgan fingerprint density at radius 1 is 1.05 bits per heavy atom. The Balaban J connectivity index is 2.33. The second kappa shape index (κ2) is 5.45. The number of hydrogen-bond acceptors (Lipinski definition) is 2. The van der Waals surface area contributed by atoms with Crippen molar-refractivity contribution >= 4 is 34.5 Å². The van der Waals surface area contributed by atoms with Crippen molar-refractivity contribution in [2.75, 3.05) is 0 Å². The second-order valence-corrected chi connectivity index (χ2v) is 7.55. The molecule has 1 atom stereocenters. The van der Waals surface area contributed by atoms with Gasteiger partial charge >= 0.3 is 0 Å². The maximum absolute atomic E-state index is 10.4. The fraction of sp³-hybridized carbons (Fsp3) is 0.333. The number of hydrogen-bond donors (Lipinski definition) is 1. The third-order valence-corrected chi connectivity index (χ3v) is 4.84. The highest BCUT2D eigenvalue weighted by Crippen LogP contribution is 2.35. The Kier molecular flexibility index (Phi) is 4.26. The van der Waals surface area contributed by atoms with Crippen LogP contribution in [0.1, 0.15) is 42.2 Å². The van der Waals surface area contributed by atoms with Gasteiger partial charge in [0.1, 0.15) is 6.10 Å². The summed E-state index contributed by atoms with van der Waals surface area (Å²) in [5, 5.41) is 11.5. The second-order valence-electron chi connectivity index (χ2n) is 5.56. The van der Waals surface area contributed by atoms with E-state index in [0.29, 0.717) is 10.0 Å². The zero-order chi connectivity index (χ0) is 14.2. The van der Waals surface area contributed by atoms with Gasteiger partial charge < -0.3 is 5.11 Å². The van der Waals surface area contributed by atoms with Crippen molar-refractivity contribution in [3.05, 3.63) is 55.7 Å². The van der Waals surface area contributed by atoms with Crippen molar-refractivity contribution in [1.82, 2.24) is 0 Å². The number of rotatable bonds is 2. The summed E-state index contributed by atoms with van der Waals surface area (Å²) < 4.78 is 0. The molecule has 2 aromatic rings. The Bertz CT molecular complexity index is 564. The van der Waals surface area contributed by atoms with Crippen LogP contribution in [0.25, 0.3) is 0 Å². The van der Waals surface area contributed by atoms with Crippen molar-refractivity contribution < 1.29 is 5.11 Å². The molecule has 0 spiro atoms. The molecule has 0 aliphatic heterocycles. The van der Waals surface area contributed by atoms with E-state index in [2.05, 4.69) is 26.8 Å². The lowest BCUT2D eigenvalue weighted by Gasteiger charge is -2.16. The van der Waals surface area contributed by atoms with E-state index in [0.717, 1.165) is 10.4 Å². The molecular weight excluding hydrogens is 299 g/mol. The van der Waals surface area contributed by atoms with Gasteiger partial charge in [0, 0.05) is 19.8 Å². The molecule has 0 saturated heterocycles. The van der Waals surface area contributed by atoms with E-state index in [-0.39, 0.29) is 5.41 Å². The van der Waals surface area contributed by atoms with Crippen LogP contribution in [0, 0.1) is 0 Å². The molecule has 1 aromatic heterocycles. The van der Waals surface area contributed by atoms with Crippen LogP contribution in [0.3, 0.4) is 0 Å². The first-order valence-corrected chi connectivity index (χ1v) is 7.59. The highest BCUT2D eigenvalue weighted by Gasteiger charge is 2.20. The average molecular weight is 315 g/mol. The van der Waals surface area contributed by atoms with Crippen LogP contribution in [0.5, 0.6) is 0 Å². The van der Waals surface area contributed by atoms with Crippen LogP contribution in [0.15, 0.2) is 30.3 Å². The van der Waals surface area contributed by atoms with Crippen molar-refractivity contribution in [3.63, 3.8) is 0 Å². The van der Waals surface area contributed by atoms with Gasteiger partial charge in [-0.3, -0.25) is 0 Å². The number of halogens is 2. The molecule has 1 aromatic carbocycles. The first-order valence-electron chi connectivity index (χ1n) is 6.01. The van der Waals surface area contributed by atoms with Gasteiger partial charge in [-0.1, -0.05) is 44.0 Å². The minimum Gasteiger partial charge on any atom is -0.383 e. The summed E-state index contributed by atoms with van der Waals surface area (Å²) >= 11 is 13.6. The molecule has 0 radical (unpaired) electrons. The molecule has 1 nitrogen and oxygen atoms in total. The van der Waals surface area contributed by atoms with E-state index in [1.807, 2.05) is 6.07 Å². The quantitative estimate of drug-likeness (QED) is 0.783. The van der Waals surface area contributed by atoms with Crippen LogP contribution >= 0.6 is 34.5 Å². The molecule has 1 unspecified atom stereocenters. The molecule has 1 heterocycles. The molecule has 0 saturated carbocycles. The van der Waals surface area contributed by atoms with Gasteiger partial charge in [0.15, 0.2) is 0 Å². The SMILES string of the molecule is CC(C)(C)c1ccc(C(O)c2cc(Cl)cc(Cl)c2)s1. The van der Waals surface area contributed by atoms with Gasteiger partial charge in [-0.05, 0) is 41.3 Å². The molecule has 19 heavy (non-hydrogen) atoms. The van der Waals surface area contributed by atoms with E-state index in [1.165, 1.54) is 4.88 Å². The monoisotopic (exact) mass is 314 g/mol. The fourth-order valence-corrected chi connectivity index (χ4v) is 3.42. The lowest BCUT2D eigenvalue weighted by Crippen LogP contribution is -2.07. The topological polar surface area (TPSA) is 20.2 Å². The summed E-state index contributed by atoms with van der Waals surface area (Å²) in [6.45, 7) is 6.47. The predicted molar refractivity (Wildman–Crippen MR) is 83.5 cm³/mol. The van der Waals surface area contributed by atoms with Crippen molar-refractivity contribution in [1.29, 1.82) is 0 Å². The molecular formula is C15H16Cl2OS. The fourth-order valence-electron chi connectivity index (χ4n) is 1.80. The maximum atomic E-state index is 10.4. The maximum Gasteiger partial charge on any atom is 0.113 e. The van der Waals surface area contributed by atoms with Crippen LogP contribution in [0.4, 0.5) is 0 Å². The lowest BCUT2D eigenvalue weighted by molar-refractivity contribution is 0.224. The minimum atomic E-state index is -0.683. The summed E-state index contributed by atoms with van der Waals surface area (Å²) in [5.74, 6) is 0. The Labute approximate surface area is 127 Å². The molecule has 0 amide bonds. The molecule has 0 bridgehead atoms. The van der Waals surface area contributed by atoms with Crippen LogP contribution < -0.4 is 0 Å². The zero-order valence-corrected chi connectivity index (χ0v) is 13.4. The largest absolute Gasteiger partial charge is 0.383 e. The summed E-state index contributed by atoms with van der Waals surface area (Å²) in [6.07, 6.45) is -0.683. The van der Waals surface area contributed by atoms with Crippen molar-refractivity contribution in [2.24, 2.45) is 0 Å². The van der Waals surface area contributed by atoms with Crippen molar-refractivity contribution in [3.8, 4) is 0 Å². The van der Waals surface area contributed by atoms with Gasteiger partial charge in [-0.2, -0.15) is 0 Å². The van der Waals surface area contributed by atoms with Gasteiger partial charge in [-0.15, -0.1) is 11.3 Å². The predicted octanol–water partition coefficient (Wildman–Crippen LogP) is 5.43. The number of aliphatic hydroxyl groups excluding tert-OH is 1.